The van der Waals surface area contributed by atoms with Gasteiger partial charge in [-0.15, -0.1) is 11.3 Å². The molecule has 3 rings (SSSR count). The molecule has 0 saturated carbocycles. The summed E-state index contributed by atoms with van der Waals surface area (Å²) in [6.07, 6.45) is 0. The maximum absolute atomic E-state index is 11.8. The van der Waals surface area contributed by atoms with Gasteiger partial charge in [0.15, 0.2) is 0 Å². The number of hydrogen-bond acceptors (Lipinski definition) is 5. The van der Waals surface area contributed by atoms with Crippen LogP contribution in [0, 0.1) is 0 Å². The van der Waals surface area contributed by atoms with Crippen LogP contribution in [0.3, 0.4) is 0 Å². The van der Waals surface area contributed by atoms with Crippen LogP contribution < -0.4 is 0 Å². The molecule has 0 spiro atoms. The molecule has 0 bridgehead atoms. The van der Waals surface area contributed by atoms with Crippen LogP contribution in [-0.4, -0.2) is 25.2 Å². The zero-order valence-electron chi connectivity index (χ0n) is 12.9. The van der Waals surface area contributed by atoms with Gasteiger partial charge in [-0.3, -0.25) is 0 Å². The Morgan fingerprint density at radius 2 is 1.26 bits per heavy atom. The van der Waals surface area contributed by atoms with E-state index in [-0.39, 0.29) is 11.9 Å². The minimum atomic E-state index is -0.320. The van der Waals surface area contributed by atoms with Crippen molar-refractivity contribution in [2.24, 2.45) is 0 Å². The molecule has 0 fully saturated rings. The molecule has 0 aliphatic carbocycles. The molecule has 0 aliphatic rings. The highest BCUT2D eigenvalue weighted by Crippen LogP contribution is 2.35. The Bertz CT molecular complexity index is 822. The minimum absolute atomic E-state index is 0.320. The maximum atomic E-state index is 11.8. The van der Waals surface area contributed by atoms with Gasteiger partial charge in [-0.05, 0) is 38.1 Å². The van der Waals surface area contributed by atoms with E-state index in [1.165, 1.54) is 0 Å². The molecular weight excluding hydrogens is 312 g/mol. The number of rotatable bonds is 4. The van der Waals surface area contributed by atoms with Crippen molar-refractivity contribution >= 4 is 43.4 Å². The fraction of sp³-hybridized carbons (Fsp3) is 0.222. The van der Waals surface area contributed by atoms with Crippen LogP contribution in [0.1, 0.15) is 34.6 Å². The topological polar surface area (TPSA) is 52.6 Å². The third-order valence-electron chi connectivity index (χ3n) is 3.50. The van der Waals surface area contributed by atoms with Crippen molar-refractivity contribution in [1.82, 2.24) is 0 Å². The summed E-state index contributed by atoms with van der Waals surface area (Å²) in [7, 11) is 0. The Balaban J connectivity index is 2.06. The number of ether oxygens (including phenoxy) is 2. The van der Waals surface area contributed by atoms with Gasteiger partial charge in [0.25, 0.3) is 0 Å². The summed E-state index contributed by atoms with van der Waals surface area (Å²) in [6, 6.07) is 11.1. The minimum Gasteiger partial charge on any atom is -0.462 e. The van der Waals surface area contributed by atoms with Crippen LogP contribution in [0.15, 0.2) is 36.4 Å². The summed E-state index contributed by atoms with van der Waals surface area (Å²) in [4.78, 5) is 23.7. The molecule has 0 radical (unpaired) electrons. The second-order valence-electron chi connectivity index (χ2n) is 4.96. The highest BCUT2D eigenvalue weighted by atomic mass is 32.1. The highest BCUT2D eigenvalue weighted by molar-refractivity contribution is 7.25. The predicted octanol–water partition coefficient (Wildman–Crippen LogP) is 4.41. The van der Waals surface area contributed by atoms with E-state index in [0.29, 0.717) is 24.3 Å². The smallest absolute Gasteiger partial charge is 0.338 e. The predicted molar refractivity (Wildman–Crippen MR) is 91.2 cm³/mol. The first kappa shape index (κ1) is 15.5. The van der Waals surface area contributed by atoms with Crippen molar-refractivity contribution in [3.05, 3.63) is 47.5 Å². The zero-order chi connectivity index (χ0) is 16.4. The number of esters is 2. The van der Waals surface area contributed by atoms with E-state index in [1.807, 2.05) is 24.3 Å². The Morgan fingerprint density at radius 1 is 0.826 bits per heavy atom. The van der Waals surface area contributed by atoms with Crippen molar-refractivity contribution < 1.29 is 19.1 Å². The summed E-state index contributed by atoms with van der Waals surface area (Å²) >= 11 is 1.55. The number of carbonyl (C=O) groups is 2. The average Bonchev–Trinajstić information content (AvgIpc) is 2.91. The molecule has 23 heavy (non-hydrogen) atoms. The van der Waals surface area contributed by atoms with Gasteiger partial charge in [0.05, 0.1) is 24.3 Å². The van der Waals surface area contributed by atoms with Gasteiger partial charge < -0.3 is 9.47 Å². The molecule has 0 aliphatic heterocycles. The third kappa shape index (κ3) is 2.92. The Kier molecular flexibility index (Phi) is 4.30. The summed E-state index contributed by atoms with van der Waals surface area (Å²) in [5.41, 5.74) is 1.08. The van der Waals surface area contributed by atoms with Gasteiger partial charge in [-0.1, -0.05) is 12.1 Å². The molecule has 5 heteroatoms. The average molecular weight is 328 g/mol. The lowest BCUT2D eigenvalue weighted by molar-refractivity contribution is 0.0517. The first-order valence-electron chi connectivity index (χ1n) is 7.44. The molecule has 1 aromatic heterocycles. The van der Waals surface area contributed by atoms with Crippen molar-refractivity contribution in [3.63, 3.8) is 0 Å². The van der Waals surface area contributed by atoms with Gasteiger partial charge in [0, 0.05) is 20.2 Å². The molecule has 3 aromatic rings. The first-order valence-corrected chi connectivity index (χ1v) is 8.26. The Hall–Kier alpha value is -2.40. The molecule has 0 unspecified atom stereocenters. The Morgan fingerprint density at radius 3 is 1.65 bits per heavy atom. The maximum Gasteiger partial charge on any atom is 0.338 e. The summed E-state index contributed by atoms with van der Waals surface area (Å²) in [5, 5.41) is 2.13. The van der Waals surface area contributed by atoms with Gasteiger partial charge in [-0.2, -0.15) is 0 Å². The van der Waals surface area contributed by atoms with Crippen molar-refractivity contribution in [2.45, 2.75) is 13.8 Å². The fourth-order valence-corrected chi connectivity index (χ4v) is 3.64. The molecule has 1 heterocycles. The number of carbonyl (C=O) groups excluding carboxylic acids is 2. The monoisotopic (exact) mass is 328 g/mol. The summed E-state index contributed by atoms with van der Waals surface area (Å²) < 4.78 is 12.1. The number of hydrogen-bond donors (Lipinski definition) is 0. The Labute approximate surface area is 137 Å². The van der Waals surface area contributed by atoms with E-state index in [1.54, 1.807) is 37.3 Å². The number of benzene rings is 2. The highest BCUT2D eigenvalue weighted by Gasteiger charge is 2.13. The van der Waals surface area contributed by atoms with Crippen LogP contribution in [-0.2, 0) is 9.47 Å². The lowest BCUT2D eigenvalue weighted by Crippen LogP contribution is -2.03. The standard InChI is InChI=1S/C18H16O4S/c1-3-21-17(19)11-5-7-13-14-8-6-12(18(20)22-4-2)10-16(14)23-15(13)9-11/h5-10H,3-4H2,1-2H3. The van der Waals surface area contributed by atoms with E-state index in [9.17, 15) is 9.59 Å². The van der Waals surface area contributed by atoms with Crippen LogP contribution in [0.2, 0.25) is 0 Å². The number of fused-ring (bicyclic) bond motifs is 3. The third-order valence-corrected chi connectivity index (χ3v) is 4.61. The van der Waals surface area contributed by atoms with Crippen molar-refractivity contribution in [2.75, 3.05) is 13.2 Å². The fourth-order valence-electron chi connectivity index (χ4n) is 2.46. The van der Waals surface area contributed by atoms with Crippen molar-refractivity contribution in [3.8, 4) is 0 Å². The largest absolute Gasteiger partial charge is 0.462 e. The second-order valence-corrected chi connectivity index (χ2v) is 6.05. The van der Waals surface area contributed by atoms with Gasteiger partial charge in [0.2, 0.25) is 0 Å². The first-order chi connectivity index (χ1) is 11.1. The van der Waals surface area contributed by atoms with Crippen LogP contribution in [0.4, 0.5) is 0 Å². The van der Waals surface area contributed by atoms with Crippen LogP contribution in [0.5, 0.6) is 0 Å². The molecule has 4 nitrogen and oxygen atoms in total. The van der Waals surface area contributed by atoms with Crippen molar-refractivity contribution in [1.29, 1.82) is 0 Å². The quantitative estimate of drug-likeness (QED) is 0.666. The molecule has 0 saturated heterocycles. The van der Waals surface area contributed by atoms with E-state index < -0.39 is 0 Å². The SMILES string of the molecule is CCOC(=O)c1ccc2c(c1)sc1cc(C(=O)OCC)ccc12. The molecule has 0 atom stereocenters. The van der Waals surface area contributed by atoms with Gasteiger partial charge in [-0.25, -0.2) is 9.59 Å². The second kappa shape index (κ2) is 6.38. The molecule has 2 aromatic carbocycles. The molecule has 118 valence electrons. The summed E-state index contributed by atoms with van der Waals surface area (Å²) in [5.74, 6) is -0.641. The van der Waals surface area contributed by atoms with Gasteiger partial charge in [0.1, 0.15) is 0 Å². The van der Waals surface area contributed by atoms with Crippen LogP contribution >= 0.6 is 11.3 Å². The van der Waals surface area contributed by atoms with Gasteiger partial charge >= 0.3 is 11.9 Å². The van der Waals surface area contributed by atoms with E-state index >= 15 is 0 Å². The molecule has 0 N–H and O–H groups in total. The normalized spacial score (nSPS) is 10.9. The number of thiophene rings is 1. The van der Waals surface area contributed by atoms with Crippen LogP contribution in [0.25, 0.3) is 20.2 Å². The van der Waals surface area contributed by atoms with E-state index in [2.05, 4.69) is 0 Å². The lowest BCUT2D eigenvalue weighted by atomic mass is 10.1. The zero-order valence-corrected chi connectivity index (χ0v) is 13.7. The summed E-state index contributed by atoms with van der Waals surface area (Å²) in [6.45, 7) is 4.28. The van der Waals surface area contributed by atoms with E-state index in [0.717, 1.165) is 20.2 Å². The molecule has 0 amide bonds. The lowest BCUT2D eigenvalue weighted by Gasteiger charge is -2.02. The van der Waals surface area contributed by atoms with E-state index in [4.69, 9.17) is 9.47 Å². The molecular formula is C18H16O4S.